The highest BCUT2D eigenvalue weighted by molar-refractivity contribution is 6.12. The Hall–Kier alpha value is -5.80. The predicted octanol–water partition coefficient (Wildman–Crippen LogP) is 11.5. The Balaban J connectivity index is 1.30. The second-order valence-electron chi connectivity index (χ2n) is 14.6. The van der Waals surface area contributed by atoms with Crippen molar-refractivity contribution < 1.29 is 0 Å². The van der Waals surface area contributed by atoms with Gasteiger partial charge < -0.3 is 4.57 Å². The van der Waals surface area contributed by atoms with E-state index in [0.717, 1.165) is 34.0 Å². The average molecular weight is 630 g/mol. The molecular weight excluding hydrogens is 595 g/mol. The van der Waals surface area contributed by atoms with Crippen LogP contribution in [0.3, 0.4) is 0 Å². The van der Waals surface area contributed by atoms with Crippen molar-refractivity contribution in [2.24, 2.45) is 0 Å². The highest BCUT2D eigenvalue weighted by Crippen LogP contribution is 2.53. The topological polar surface area (TPSA) is 30.7 Å². The van der Waals surface area contributed by atoms with Crippen molar-refractivity contribution in [3.8, 4) is 50.7 Å². The molecule has 2 aromatic heterocycles. The van der Waals surface area contributed by atoms with E-state index in [4.69, 9.17) is 9.97 Å². The van der Waals surface area contributed by atoms with E-state index in [1.165, 1.54) is 60.8 Å². The van der Waals surface area contributed by atoms with Gasteiger partial charge in [0.15, 0.2) is 5.82 Å². The molecule has 0 atom stereocenters. The van der Waals surface area contributed by atoms with Crippen molar-refractivity contribution >= 4 is 21.8 Å². The first-order chi connectivity index (χ1) is 23.8. The van der Waals surface area contributed by atoms with Crippen LogP contribution in [0.5, 0.6) is 0 Å². The summed E-state index contributed by atoms with van der Waals surface area (Å²) in [5, 5.41) is 2.52. The monoisotopic (exact) mass is 629 g/mol. The number of para-hydroxylation sites is 2. The van der Waals surface area contributed by atoms with E-state index >= 15 is 0 Å². The Kier molecular flexibility index (Phi) is 5.69. The molecule has 3 nitrogen and oxygen atoms in total. The first-order valence-corrected chi connectivity index (χ1v) is 17.2. The van der Waals surface area contributed by atoms with Crippen LogP contribution in [0.1, 0.15) is 49.9 Å². The number of hydrogen-bond acceptors (Lipinski definition) is 2. The van der Waals surface area contributed by atoms with Crippen LogP contribution in [0.15, 0.2) is 140 Å². The second kappa shape index (κ2) is 9.87. The maximum Gasteiger partial charge on any atom is 0.160 e. The fourth-order valence-corrected chi connectivity index (χ4v) is 8.82. The Labute approximate surface area is 286 Å². The van der Waals surface area contributed by atoms with Crippen LogP contribution >= 0.6 is 0 Å². The van der Waals surface area contributed by atoms with Crippen LogP contribution in [0, 0.1) is 0 Å². The van der Waals surface area contributed by atoms with Gasteiger partial charge in [0.2, 0.25) is 0 Å². The summed E-state index contributed by atoms with van der Waals surface area (Å²) in [6.07, 6.45) is 0. The molecule has 6 aromatic carbocycles. The van der Waals surface area contributed by atoms with Crippen LogP contribution in [0.4, 0.5) is 0 Å². The van der Waals surface area contributed by atoms with E-state index in [0.29, 0.717) is 0 Å². The minimum atomic E-state index is -0.277. The van der Waals surface area contributed by atoms with Gasteiger partial charge in [0.05, 0.1) is 28.1 Å². The van der Waals surface area contributed by atoms with Crippen molar-refractivity contribution in [2.45, 2.75) is 38.5 Å². The molecule has 2 aliphatic carbocycles. The normalized spacial score (nSPS) is 14.9. The molecule has 234 valence electrons. The SMILES string of the molecule is CC1(C)c2ccccc2-c2cc3c4ccccc4n(-c4ccccc4-c4nc(-c5ccccc5)nc5c4C(C)(C)c4ccccc4-5)c3cc21. The summed E-state index contributed by atoms with van der Waals surface area (Å²) in [5.41, 5.74) is 16.4. The lowest BCUT2D eigenvalue weighted by Gasteiger charge is -2.25. The molecule has 0 N–H and O–H groups in total. The van der Waals surface area contributed by atoms with E-state index in [1.807, 2.05) is 6.07 Å². The Bertz CT molecular complexity index is 2660. The second-order valence-corrected chi connectivity index (χ2v) is 14.6. The maximum absolute atomic E-state index is 5.48. The number of aromatic nitrogens is 3. The van der Waals surface area contributed by atoms with E-state index in [2.05, 4.69) is 166 Å². The summed E-state index contributed by atoms with van der Waals surface area (Å²) in [7, 11) is 0. The van der Waals surface area contributed by atoms with Gasteiger partial charge in [-0.3, -0.25) is 0 Å². The van der Waals surface area contributed by atoms with Crippen molar-refractivity contribution in [3.05, 3.63) is 162 Å². The standard InChI is InChI=1S/C46H35N3/c1-45(2)35-22-12-8-18-29(35)33-26-34-30-19-10-14-24-38(30)49(40(34)27-37(33)45)39-25-15-11-21-32(39)43-41-42(31-20-9-13-23-36(31)46(41,3)4)47-44(48-43)28-16-6-5-7-17-28/h5-27H,1-4H3. The summed E-state index contributed by atoms with van der Waals surface area (Å²) < 4.78 is 2.48. The minimum Gasteiger partial charge on any atom is -0.309 e. The van der Waals surface area contributed by atoms with Gasteiger partial charge in [-0.05, 0) is 52.1 Å². The summed E-state index contributed by atoms with van der Waals surface area (Å²) in [6, 6.07) is 50.6. The highest BCUT2D eigenvalue weighted by Gasteiger charge is 2.41. The number of benzene rings is 6. The Morgan fingerprint density at radius 2 is 1.04 bits per heavy atom. The fourth-order valence-electron chi connectivity index (χ4n) is 8.82. The molecule has 2 aliphatic rings. The molecule has 0 fully saturated rings. The van der Waals surface area contributed by atoms with Crippen LogP contribution in [0.25, 0.3) is 72.5 Å². The van der Waals surface area contributed by atoms with Crippen molar-refractivity contribution in [1.29, 1.82) is 0 Å². The maximum atomic E-state index is 5.48. The summed E-state index contributed by atoms with van der Waals surface area (Å²) in [5.74, 6) is 0.746. The molecule has 2 heterocycles. The molecule has 49 heavy (non-hydrogen) atoms. The zero-order valence-electron chi connectivity index (χ0n) is 28.1. The number of rotatable bonds is 3. The van der Waals surface area contributed by atoms with Crippen molar-refractivity contribution in [1.82, 2.24) is 14.5 Å². The summed E-state index contributed by atoms with van der Waals surface area (Å²) in [6.45, 7) is 9.36. The van der Waals surface area contributed by atoms with Gasteiger partial charge in [-0.2, -0.15) is 0 Å². The molecule has 3 heteroatoms. The lowest BCUT2D eigenvalue weighted by Crippen LogP contribution is -2.18. The molecule has 0 radical (unpaired) electrons. The first kappa shape index (κ1) is 28.2. The van der Waals surface area contributed by atoms with Crippen LogP contribution in [-0.4, -0.2) is 14.5 Å². The smallest absolute Gasteiger partial charge is 0.160 e. The van der Waals surface area contributed by atoms with Gasteiger partial charge in [0.25, 0.3) is 0 Å². The summed E-state index contributed by atoms with van der Waals surface area (Å²) in [4.78, 5) is 10.8. The number of hydrogen-bond donors (Lipinski definition) is 0. The molecule has 0 aliphatic heterocycles. The van der Waals surface area contributed by atoms with Crippen LogP contribution in [0.2, 0.25) is 0 Å². The van der Waals surface area contributed by atoms with Gasteiger partial charge >= 0.3 is 0 Å². The Morgan fingerprint density at radius 3 is 1.82 bits per heavy atom. The number of nitrogens with zero attached hydrogens (tertiary/aromatic N) is 3. The van der Waals surface area contributed by atoms with Gasteiger partial charge in [0.1, 0.15) is 0 Å². The zero-order valence-corrected chi connectivity index (χ0v) is 28.1. The third kappa shape index (κ3) is 3.79. The number of fused-ring (bicyclic) bond motifs is 9. The molecule has 8 aromatic rings. The molecule has 0 saturated heterocycles. The van der Waals surface area contributed by atoms with Crippen molar-refractivity contribution in [2.75, 3.05) is 0 Å². The van der Waals surface area contributed by atoms with Gasteiger partial charge in [-0.1, -0.05) is 143 Å². The van der Waals surface area contributed by atoms with E-state index in [9.17, 15) is 0 Å². The lowest BCUT2D eigenvalue weighted by atomic mass is 9.80. The molecular formula is C46H35N3. The molecule has 0 unspecified atom stereocenters. The zero-order chi connectivity index (χ0) is 33.1. The van der Waals surface area contributed by atoms with E-state index < -0.39 is 0 Å². The van der Waals surface area contributed by atoms with Crippen LogP contribution in [-0.2, 0) is 10.8 Å². The van der Waals surface area contributed by atoms with E-state index in [-0.39, 0.29) is 10.8 Å². The molecule has 0 spiro atoms. The third-order valence-corrected chi connectivity index (χ3v) is 11.2. The Morgan fingerprint density at radius 1 is 0.449 bits per heavy atom. The van der Waals surface area contributed by atoms with Gasteiger partial charge in [-0.15, -0.1) is 0 Å². The third-order valence-electron chi connectivity index (χ3n) is 11.2. The average Bonchev–Trinajstić information content (AvgIpc) is 3.67. The van der Waals surface area contributed by atoms with Gasteiger partial charge in [0, 0.05) is 43.9 Å². The summed E-state index contributed by atoms with van der Waals surface area (Å²) >= 11 is 0. The first-order valence-electron chi connectivity index (χ1n) is 17.2. The molecule has 0 saturated carbocycles. The minimum absolute atomic E-state index is 0.102. The highest BCUT2D eigenvalue weighted by atomic mass is 15.0. The van der Waals surface area contributed by atoms with Crippen molar-refractivity contribution in [3.63, 3.8) is 0 Å². The van der Waals surface area contributed by atoms with Crippen LogP contribution < -0.4 is 0 Å². The molecule has 0 bridgehead atoms. The fraction of sp³-hybridized carbons (Fsp3) is 0.130. The van der Waals surface area contributed by atoms with Gasteiger partial charge in [-0.25, -0.2) is 9.97 Å². The largest absolute Gasteiger partial charge is 0.309 e. The molecule has 10 rings (SSSR count). The quantitative estimate of drug-likeness (QED) is 0.195. The molecule has 0 amide bonds. The lowest BCUT2D eigenvalue weighted by molar-refractivity contribution is 0.657. The van der Waals surface area contributed by atoms with E-state index in [1.54, 1.807) is 0 Å². The predicted molar refractivity (Wildman–Crippen MR) is 202 cm³/mol.